The minimum atomic E-state index is 0.717. The van der Waals surface area contributed by atoms with E-state index in [-0.39, 0.29) is 0 Å². The highest BCUT2D eigenvalue weighted by Gasteiger charge is 2.00. The van der Waals surface area contributed by atoms with Gasteiger partial charge in [0.2, 0.25) is 0 Å². The number of thiophene rings is 1. The van der Waals surface area contributed by atoms with Crippen molar-refractivity contribution in [2.45, 2.75) is 6.54 Å². The van der Waals surface area contributed by atoms with Crippen molar-refractivity contribution in [2.24, 2.45) is 0 Å². The largest absolute Gasteiger partial charge is 0.380 e. The van der Waals surface area contributed by atoms with Crippen LogP contribution in [0.5, 0.6) is 0 Å². The minimum absolute atomic E-state index is 0.717. The first-order valence-electron chi connectivity index (χ1n) is 6.03. The van der Waals surface area contributed by atoms with Crippen LogP contribution in [-0.4, -0.2) is 14.8 Å². The Morgan fingerprint density at radius 3 is 2.70 bits per heavy atom. The summed E-state index contributed by atoms with van der Waals surface area (Å²) in [6.45, 7) is 0.717. The molecule has 0 bridgehead atoms. The van der Waals surface area contributed by atoms with Crippen LogP contribution in [0, 0.1) is 11.3 Å². The minimum Gasteiger partial charge on any atom is -0.380 e. The summed E-state index contributed by atoms with van der Waals surface area (Å²) >= 11 is 1.51. The van der Waals surface area contributed by atoms with Gasteiger partial charge in [-0.15, -0.1) is 11.3 Å². The monoisotopic (exact) mass is 281 g/mol. The van der Waals surface area contributed by atoms with Crippen LogP contribution in [0.4, 0.5) is 5.69 Å². The summed E-state index contributed by atoms with van der Waals surface area (Å²) in [6, 6.07) is 13.9. The number of hydrogen-bond acceptors (Lipinski definition) is 5. The molecular weight excluding hydrogens is 270 g/mol. The maximum absolute atomic E-state index is 8.78. The highest BCUT2D eigenvalue weighted by Crippen LogP contribution is 2.18. The number of benzene rings is 1. The first-order chi connectivity index (χ1) is 9.85. The molecule has 2 heterocycles. The number of nitriles is 1. The van der Waals surface area contributed by atoms with Gasteiger partial charge >= 0.3 is 0 Å². The van der Waals surface area contributed by atoms with E-state index in [0.717, 1.165) is 27.7 Å². The van der Waals surface area contributed by atoms with E-state index in [2.05, 4.69) is 21.5 Å². The molecule has 0 aliphatic heterocycles. The smallest absolute Gasteiger partial charge is 0.138 e. The van der Waals surface area contributed by atoms with Crippen LogP contribution in [0.1, 0.15) is 9.75 Å². The van der Waals surface area contributed by atoms with Gasteiger partial charge in [0, 0.05) is 17.1 Å². The van der Waals surface area contributed by atoms with Gasteiger partial charge in [-0.25, -0.2) is 9.67 Å². The molecule has 2 aromatic heterocycles. The lowest BCUT2D eigenvalue weighted by atomic mass is 10.3. The van der Waals surface area contributed by atoms with E-state index in [1.54, 1.807) is 11.0 Å². The fourth-order valence-electron chi connectivity index (χ4n) is 1.80. The molecule has 98 valence electrons. The van der Waals surface area contributed by atoms with Crippen LogP contribution >= 0.6 is 11.3 Å². The topological polar surface area (TPSA) is 66.5 Å². The summed E-state index contributed by atoms with van der Waals surface area (Å²) in [6.07, 6.45) is 3.17. The van der Waals surface area contributed by atoms with Gasteiger partial charge in [-0.2, -0.15) is 10.4 Å². The number of rotatable bonds is 4. The van der Waals surface area contributed by atoms with E-state index in [9.17, 15) is 0 Å². The fourth-order valence-corrected chi connectivity index (χ4v) is 2.54. The molecule has 0 radical (unpaired) electrons. The van der Waals surface area contributed by atoms with Gasteiger partial charge in [0.1, 0.15) is 23.6 Å². The molecule has 5 nitrogen and oxygen atoms in total. The van der Waals surface area contributed by atoms with Gasteiger partial charge in [0.05, 0.1) is 5.69 Å². The summed E-state index contributed by atoms with van der Waals surface area (Å²) < 4.78 is 1.71. The maximum Gasteiger partial charge on any atom is 0.138 e. The summed E-state index contributed by atoms with van der Waals surface area (Å²) in [4.78, 5) is 5.80. The zero-order chi connectivity index (χ0) is 13.8. The molecule has 0 saturated carbocycles. The molecule has 0 unspecified atom stereocenters. The molecule has 0 saturated heterocycles. The molecule has 3 aromatic rings. The lowest BCUT2D eigenvalue weighted by Crippen LogP contribution is -1.98. The molecule has 0 spiro atoms. The van der Waals surface area contributed by atoms with Crippen molar-refractivity contribution < 1.29 is 0 Å². The van der Waals surface area contributed by atoms with Crippen LogP contribution in [0.2, 0.25) is 0 Å². The Labute approximate surface area is 120 Å². The number of nitrogens with zero attached hydrogens (tertiary/aromatic N) is 4. The third-order valence-electron chi connectivity index (χ3n) is 2.79. The Kier molecular flexibility index (Phi) is 3.44. The van der Waals surface area contributed by atoms with Crippen molar-refractivity contribution in [3.8, 4) is 11.8 Å². The van der Waals surface area contributed by atoms with Gasteiger partial charge in [-0.3, -0.25) is 0 Å². The van der Waals surface area contributed by atoms with Crippen molar-refractivity contribution in [1.82, 2.24) is 14.8 Å². The third kappa shape index (κ3) is 2.68. The third-order valence-corrected chi connectivity index (χ3v) is 3.78. The Hall–Kier alpha value is -2.65. The first kappa shape index (κ1) is 12.4. The van der Waals surface area contributed by atoms with Crippen LogP contribution in [0.25, 0.3) is 5.69 Å². The molecule has 0 aliphatic rings. The normalized spacial score (nSPS) is 10.2. The second-order valence-corrected chi connectivity index (χ2v) is 5.29. The quantitative estimate of drug-likeness (QED) is 0.798. The number of aromatic nitrogens is 3. The molecule has 0 aliphatic carbocycles. The molecule has 0 atom stereocenters. The van der Waals surface area contributed by atoms with Gasteiger partial charge in [0.25, 0.3) is 0 Å². The van der Waals surface area contributed by atoms with E-state index >= 15 is 0 Å². The van der Waals surface area contributed by atoms with Gasteiger partial charge in [-0.05, 0) is 36.4 Å². The Bertz CT molecular complexity index is 722. The number of hydrogen-bond donors (Lipinski definition) is 1. The Morgan fingerprint density at radius 1 is 1.20 bits per heavy atom. The standard InChI is InChI=1S/C14H11N5S/c15-7-13-5-6-14(20-13)8-17-11-1-3-12(4-2-11)19-10-16-9-18-19/h1-6,9-10,17H,8H2. The Morgan fingerprint density at radius 2 is 2.05 bits per heavy atom. The van der Waals surface area contributed by atoms with Gasteiger partial charge < -0.3 is 5.32 Å². The molecule has 6 heteroatoms. The highest BCUT2D eigenvalue weighted by atomic mass is 32.1. The predicted octanol–water partition coefficient (Wildman–Crippen LogP) is 2.81. The highest BCUT2D eigenvalue weighted by molar-refractivity contribution is 7.12. The SMILES string of the molecule is N#Cc1ccc(CNc2ccc(-n3cncn3)cc2)s1. The molecule has 1 aromatic carbocycles. The van der Waals surface area contributed by atoms with E-state index in [4.69, 9.17) is 5.26 Å². The second-order valence-electron chi connectivity index (χ2n) is 4.12. The molecular formula is C14H11N5S. The van der Waals surface area contributed by atoms with Crippen LogP contribution in [0.3, 0.4) is 0 Å². The zero-order valence-electron chi connectivity index (χ0n) is 10.5. The fraction of sp³-hybridized carbons (Fsp3) is 0.0714. The van der Waals surface area contributed by atoms with Gasteiger partial charge in [-0.1, -0.05) is 0 Å². The van der Waals surface area contributed by atoms with Crippen molar-refractivity contribution in [1.29, 1.82) is 5.26 Å². The molecule has 20 heavy (non-hydrogen) atoms. The van der Waals surface area contributed by atoms with Crippen molar-refractivity contribution in [2.75, 3.05) is 5.32 Å². The zero-order valence-corrected chi connectivity index (χ0v) is 11.3. The maximum atomic E-state index is 8.78. The predicted molar refractivity (Wildman–Crippen MR) is 77.7 cm³/mol. The van der Waals surface area contributed by atoms with Crippen LogP contribution in [0.15, 0.2) is 49.1 Å². The summed E-state index contributed by atoms with van der Waals surface area (Å²) in [5, 5.41) is 16.2. The van der Waals surface area contributed by atoms with E-state index in [0.29, 0.717) is 0 Å². The van der Waals surface area contributed by atoms with Gasteiger partial charge in [0.15, 0.2) is 0 Å². The molecule has 1 N–H and O–H groups in total. The number of nitrogens with one attached hydrogen (secondary N) is 1. The summed E-state index contributed by atoms with van der Waals surface area (Å²) in [7, 11) is 0. The first-order valence-corrected chi connectivity index (χ1v) is 6.84. The molecule has 3 rings (SSSR count). The van der Waals surface area contributed by atoms with Crippen molar-refractivity contribution in [3.05, 3.63) is 58.8 Å². The van der Waals surface area contributed by atoms with E-state index in [1.165, 1.54) is 17.7 Å². The van der Waals surface area contributed by atoms with Crippen molar-refractivity contribution >= 4 is 17.0 Å². The second kappa shape index (κ2) is 5.55. The van der Waals surface area contributed by atoms with Crippen LogP contribution in [-0.2, 0) is 6.54 Å². The lowest BCUT2D eigenvalue weighted by molar-refractivity contribution is 0.879. The summed E-state index contributed by atoms with van der Waals surface area (Å²) in [5.74, 6) is 0. The summed E-state index contributed by atoms with van der Waals surface area (Å²) in [5.41, 5.74) is 2.00. The Balaban J connectivity index is 1.65. The average molecular weight is 281 g/mol. The molecule has 0 amide bonds. The van der Waals surface area contributed by atoms with Crippen LogP contribution < -0.4 is 5.32 Å². The lowest BCUT2D eigenvalue weighted by Gasteiger charge is -2.06. The van der Waals surface area contributed by atoms with E-state index < -0.39 is 0 Å². The number of anilines is 1. The van der Waals surface area contributed by atoms with Crippen molar-refractivity contribution in [3.63, 3.8) is 0 Å². The van der Waals surface area contributed by atoms with E-state index in [1.807, 2.05) is 36.4 Å². The molecule has 0 fully saturated rings. The average Bonchev–Trinajstić information content (AvgIpc) is 3.17.